The molecule has 1 fully saturated rings. The topological polar surface area (TPSA) is 124 Å². The molecule has 9 rings (SSSR count). The number of unbranched alkanes of at least 4 members (excludes halogenated alkanes) is 2. The first kappa shape index (κ1) is 48.9. The summed E-state index contributed by atoms with van der Waals surface area (Å²) in [5.41, 5.74) is 12.1. The van der Waals surface area contributed by atoms with Crippen molar-refractivity contribution in [1.82, 2.24) is 0 Å². The van der Waals surface area contributed by atoms with E-state index in [2.05, 4.69) is 200 Å². The molecule has 11 heteroatoms. The number of hydrogen-bond donors (Lipinski definition) is 0. The molecule has 0 N–H and O–H groups in total. The second kappa shape index (κ2) is 19.9. The van der Waals surface area contributed by atoms with Crippen LogP contribution in [-0.2, 0) is 44.2 Å². The summed E-state index contributed by atoms with van der Waals surface area (Å²) in [4.78, 5) is 4.67. The zero-order valence-electron chi connectivity index (χ0n) is 40.6. The highest BCUT2D eigenvalue weighted by Gasteiger charge is 2.43. The quantitative estimate of drug-likeness (QED) is 0.0534. The van der Waals surface area contributed by atoms with Gasteiger partial charge in [-0.25, -0.2) is 21.4 Å². The summed E-state index contributed by atoms with van der Waals surface area (Å²) < 4.78 is 72.4. The molecule has 0 spiro atoms. The van der Waals surface area contributed by atoms with Crippen LogP contribution < -0.4 is 9.80 Å². The number of nitrogens with zero attached hydrogens (tertiary/aromatic N) is 3. The molecule has 3 aliphatic rings. The van der Waals surface area contributed by atoms with Crippen molar-refractivity contribution in [2.75, 3.05) is 34.4 Å². The number of allylic oxidation sites excluding steroid dienone is 8. The highest BCUT2D eigenvalue weighted by atomic mass is 32.2. The van der Waals surface area contributed by atoms with E-state index in [4.69, 9.17) is 0 Å². The summed E-state index contributed by atoms with van der Waals surface area (Å²) in [5, 5.41) is 4.70. The van der Waals surface area contributed by atoms with E-state index in [1.807, 2.05) is 0 Å². The van der Waals surface area contributed by atoms with E-state index in [1.54, 1.807) is 0 Å². The van der Waals surface area contributed by atoms with Crippen LogP contribution >= 0.6 is 0 Å². The maximum Gasteiger partial charge on any atom is 0.206 e. The molecule has 0 radical (unpaired) electrons. The smallest absolute Gasteiger partial charge is 0.206 e. The Bertz CT molecular complexity index is 3110. The molecule has 2 aliphatic heterocycles. The van der Waals surface area contributed by atoms with Crippen LogP contribution in [0.15, 0.2) is 180 Å². The largest absolute Gasteiger partial charge is 0.748 e. The molecule has 70 heavy (non-hydrogen) atoms. The van der Waals surface area contributed by atoms with E-state index < -0.39 is 31.1 Å². The van der Waals surface area contributed by atoms with Crippen molar-refractivity contribution in [3.63, 3.8) is 0 Å². The van der Waals surface area contributed by atoms with E-state index in [-0.39, 0.29) is 24.3 Å². The van der Waals surface area contributed by atoms with Crippen LogP contribution in [0.3, 0.4) is 0 Å². The average Bonchev–Trinajstić information content (AvgIpc) is 3.91. The van der Waals surface area contributed by atoms with Crippen LogP contribution in [0.1, 0.15) is 88.5 Å². The molecule has 6 aromatic rings. The first-order valence-electron chi connectivity index (χ1n) is 24.5. The summed E-state index contributed by atoms with van der Waals surface area (Å²) in [6.45, 7) is 11.6. The van der Waals surface area contributed by atoms with Gasteiger partial charge in [-0.3, -0.25) is 0 Å². The monoisotopic (exact) mass is 972 g/mol. The number of fused-ring (bicyclic) bond motifs is 6. The minimum absolute atomic E-state index is 0.285. The fourth-order valence-electron chi connectivity index (χ4n) is 11.3. The summed E-state index contributed by atoms with van der Waals surface area (Å²) >= 11 is 0. The normalized spacial score (nSPS) is 18.8. The third kappa shape index (κ3) is 10.4. The molecule has 0 unspecified atom stereocenters. The predicted octanol–water partition coefficient (Wildman–Crippen LogP) is 11.8. The lowest BCUT2D eigenvalue weighted by Gasteiger charge is -2.27. The third-order valence-electron chi connectivity index (χ3n) is 14.5. The third-order valence-corrected chi connectivity index (χ3v) is 16.0. The molecule has 0 amide bonds. The number of anilines is 2. The minimum Gasteiger partial charge on any atom is -0.748 e. The molecule has 6 aromatic carbocycles. The number of hydrogen-bond acceptors (Lipinski definition) is 8. The van der Waals surface area contributed by atoms with Gasteiger partial charge in [0, 0.05) is 80.5 Å². The van der Waals surface area contributed by atoms with Crippen LogP contribution in [0.25, 0.3) is 21.5 Å². The molecule has 2 heterocycles. The zero-order chi connectivity index (χ0) is 49.3. The van der Waals surface area contributed by atoms with Gasteiger partial charge in [0.15, 0.2) is 13.1 Å². The summed E-state index contributed by atoms with van der Waals surface area (Å²) in [6, 6.07) is 46.8. The van der Waals surface area contributed by atoms with Gasteiger partial charge < -0.3 is 18.9 Å². The predicted molar refractivity (Wildman–Crippen MR) is 283 cm³/mol. The van der Waals surface area contributed by atoms with Crippen LogP contribution in [0, 0.1) is 0 Å². The van der Waals surface area contributed by atoms with Gasteiger partial charge in [0.1, 0.15) is 0 Å². The Morgan fingerprint density at radius 3 is 1.29 bits per heavy atom. The Morgan fingerprint density at radius 2 is 0.886 bits per heavy atom. The molecule has 1 aliphatic carbocycles. The van der Waals surface area contributed by atoms with Crippen molar-refractivity contribution < 1.29 is 30.5 Å². The van der Waals surface area contributed by atoms with E-state index in [1.165, 1.54) is 49.9 Å². The van der Waals surface area contributed by atoms with Gasteiger partial charge in [-0.05, 0) is 95.5 Å². The summed E-state index contributed by atoms with van der Waals surface area (Å²) in [6.07, 6.45) is 12.5. The van der Waals surface area contributed by atoms with Crippen LogP contribution in [-0.4, -0.2) is 60.8 Å². The minimum atomic E-state index is -4.33. The Labute approximate surface area is 414 Å². The molecular weight excluding hydrogens is 911 g/mol. The molecule has 9 nitrogen and oxygen atoms in total. The molecule has 1 saturated carbocycles. The van der Waals surface area contributed by atoms with Crippen LogP contribution in [0.2, 0.25) is 0 Å². The Kier molecular flexibility index (Phi) is 13.9. The first-order valence-corrected chi connectivity index (χ1v) is 27.6. The summed E-state index contributed by atoms with van der Waals surface area (Å²) in [5.74, 6) is -0.771. The van der Waals surface area contributed by atoms with Crippen LogP contribution in [0.5, 0.6) is 0 Å². The summed E-state index contributed by atoms with van der Waals surface area (Å²) in [7, 11) is -8.66. The van der Waals surface area contributed by atoms with Crippen molar-refractivity contribution in [3.05, 3.63) is 203 Å². The molecule has 362 valence electrons. The van der Waals surface area contributed by atoms with Gasteiger partial charge in [-0.2, -0.15) is 0 Å². The highest BCUT2D eigenvalue weighted by Crippen LogP contribution is 2.52. The van der Waals surface area contributed by atoms with Crippen molar-refractivity contribution in [2.45, 2.75) is 90.1 Å². The lowest BCUT2D eigenvalue weighted by atomic mass is 9.81. The maximum atomic E-state index is 11.7. The van der Waals surface area contributed by atoms with Gasteiger partial charge in [-0.15, -0.1) is 0 Å². The molecule has 0 saturated heterocycles. The highest BCUT2D eigenvalue weighted by molar-refractivity contribution is 7.85. The second-order valence-corrected chi connectivity index (χ2v) is 23.1. The first-order chi connectivity index (χ1) is 33.5. The second-order valence-electron chi connectivity index (χ2n) is 20.0. The van der Waals surface area contributed by atoms with Gasteiger partial charge in [-0.1, -0.05) is 161 Å². The molecule has 0 aromatic heterocycles. The van der Waals surface area contributed by atoms with E-state index in [0.717, 1.165) is 46.4 Å². The Balaban J connectivity index is 1.19. The standard InChI is InChI=1S/C59H63N3O6S2/c1-58(2)53(61(37-15-17-39-69(63,64)65)51-33-29-45-23-11-13-25-49(45)55(51)58)35-31-47-27-28-48(57(47)60(41-43-19-7-5-8-20-43)42-44-21-9-6-10-22-44)32-36-54-59(3,4)56-50-26-14-12-24-46(50)30-34-52(56)62(54)38-16-18-40-70(66,67)68/h5-14,19-26,29-36H,15-18,27-28,37-42H2,1-4H3,(H-,63,64,65,66,67,68)/p-1. The van der Waals surface area contributed by atoms with Gasteiger partial charge in [0.25, 0.3) is 0 Å². The van der Waals surface area contributed by atoms with Crippen LogP contribution in [0.4, 0.5) is 11.4 Å². The van der Waals surface area contributed by atoms with Gasteiger partial charge >= 0.3 is 0 Å². The molecule has 0 atom stereocenters. The fourth-order valence-corrected chi connectivity index (χ4v) is 12.4. The van der Waals surface area contributed by atoms with E-state index in [9.17, 15) is 25.9 Å². The van der Waals surface area contributed by atoms with Gasteiger partial charge in [0.05, 0.1) is 20.2 Å². The molecular formula is C59H62N3O6S2-. The van der Waals surface area contributed by atoms with Crippen molar-refractivity contribution >= 4 is 58.9 Å². The number of benzene rings is 6. The maximum absolute atomic E-state index is 11.7. The fraction of sp³-hybridized carbons (Fsp3) is 0.305. The van der Waals surface area contributed by atoms with Crippen molar-refractivity contribution in [3.8, 4) is 0 Å². The van der Waals surface area contributed by atoms with E-state index in [0.29, 0.717) is 39.0 Å². The van der Waals surface area contributed by atoms with Gasteiger partial charge in [0.2, 0.25) is 5.71 Å². The van der Waals surface area contributed by atoms with E-state index >= 15 is 0 Å². The Morgan fingerprint density at radius 1 is 0.500 bits per heavy atom. The lowest BCUT2D eigenvalue weighted by molar-refractivity contribution is -0.559. The van der Waals surface area contributed by atoms with Crippen molar-refractivity contribution in [1.29, 1.82) is 0 Å². The zero-order valence-corrected chi connectivity index (χ0v) is 42.2. The average molecular weight is 973 g/mol. The number of rotatable bonds is 16. The van der Waals surface area contributed by atoms with Crippen molar-refractivity contribution in [2.24, 2.45) is 0 Å². The Hall–Kier alpha value is -6.11. The SMILES string of the molecule is CC1(C)/C(=C\C=C2/CC/C(=C\C=C3\N(CCCCS(=O)(=O)[O-])c4ccc5ccccc5c4C3(C)C)C2=[N+](Cc2ccccc2)Cc2ccccc2)N(CCCCS(=O)(=O)[O-])c2ccc3ccccc3c21. The lowest BCUT2D eigenvalue weighted by Crippen LogP contribution is -2.27. The molecule has 0 bridgehead atoms.